The van der Waals surface area contributed by atoms with E-state index in [0.29, 0.717) is 5.92 Å². The van der Waals surface area contributed by atoms with Gasteiger partial charge in [-0.05, 0) is 36.6 Å². The van der Waals surface area contributed by atoms with Crippen LogP contribution in [0.5, 0.6) is 0 Å². The third kappa shape index (κ3) is 2.60. The second kappa shape index (κ2) is 4.85. The molecule has 1 fully saturated rings. The summed E-state index contributed by atoms with van der Waals surface area (Å²) >= 11 is 5.90. The first kappa shape index (κ1) is 10.8. The van der Waals surface area contributed by atoms with E-state index in [-0.39, 0.29) is 12.4 Å². The van der Waals surface area contributed by atoms with Gasteiger partial charge in [0.2, 0.25) is 0 Å². The van der Waals surface area contributed by atoms with Gasteiger partial charge in [-0.1, -0.05) is 23.7 Å². The summed E-state index contributed by atoms with van der Waals surface area (Å²) in [4.78, 5) is 0. The first-order valence-corrected chi connectivity index (χ1v) is 4.70. The summed E-state index contributed by atoms with van der Waals surface area (Å²) in [6, 6.07) is 8.17. The molecule has 1 N–H and O–H groups in total. The Labute approximate surface area is 89.9 Å². The van der Waals surface area contributed by atoms with Crippen molar-refractivity contribution < 1.29 is 0 Å². The molecule has 13 heavy (non-hydrogen) atoms. The van der Waals surface area contributed by atoms with Crippen molar-refractivity contribution in [3.8, 4) is 0 Å². The lowest BCUT2D eigenvalue weighted by Gasteiger charge is -2.07. The Balaban J connectivity index is 0.000000845. The standard InChI is InChI=1S/C10H12ClN.ClH/c11-10-3-1-2-8(6-10)9-4-5-12-7-9;/h1-3,6,9,12H,4-5,7H2;1H. The average Bonchev–Trinajstić information content (AvgIpc) is 2.56. The summed E-state index contributed by atoms with van der Waals surface area (Å²) in [5.41, 5.74) is 1.37. The highest BCUT2D eigenvalue weighted by Gasteiger charge is 2.15. The van der Waals surface area contributed by atoms with E-state index < -0.39 is 0 Å². The molecule has 0 saturated carbocycles. The summed E-state index contributed by atoms with van der Waals surface area (Å²) in [6.07, 6.45) is 1.24. The number of rotatable bonds is 1. The number of nitrogens with one attached hydrogen (secondary N) is 1. The molecule has 0 amide bonds. The van der Waals surface area contributed by atoms with Crippen LogP contribution in [0.15, 0.2) is 24.3 Å². The zero-order valence-corrected chi connectivity index (χ0v) is 8.87. The maximum atomic E-state index is 5.90. The molecule has 1 aliphatic heterocycles. The smallest absolute Gasteiger partial charge is 0.0408 e. The van der Waals surface area contributed by atoms with Gasteiger partial charge in [-0.2, -0.15) is 0 Å². The Morgan fingerprint density at radius 3 is 2.85 bits per heavy atom. The lowest BCUT2D eigenvalue weighted by atomic mass is 9.99. The van der Waals surface area contributed by atoms with Crippen molar-refractivity contribution in [2.24, 2.45) is 0 Å². The van der Waals surface area contributed by atoms with E-state index in [1.165, 1.54) is 12.0 Å². The minimum absolute atomic E-state index is 0. The molecule has 1 saturated heterocycles. The zero-order valence-electron chi connectivity index (χ0n) is 7.29. The molecular weight excluding hydrogens is 205 g/mol. The highest BCUT2D eigenvalue weighted by molar-refractivity contribution is 6.30. The fourth-order valence-electron chi connectivity index (χ4n) is 1.70. The first-order chi connectivity index (χ1) is 5.86. The highest BCUT2D eigenvalue weighted by Crippen LogP contribution is 2.24. The molecular formula is C10H13Cl2N. The Bertz CT molecular complexity index is 269. The van der Waals surface area contributed by atoms with Crippen molar-refractivity contribution in [3.05, 3.63) is 34.9 Å². The van der Waals surface area contributed by atoms with Crippen LogP contribution in [0.3, 0.4) is 0 Å². The van der Waals surface area contributed by atoms with Crippen LogP contribution in [0.25, 0.3) is 0 Å². The van der Waals surface area contributed by atoms with Crippen LogP contribution < -0.4 is 5.32 Å². The number of hydrogen-bond donors (Lipinski definition) is 1. The quantitative estimate of drug-likeness (QED) is 0.764. The highest BCUT2D eigenvalue weighted by atomic mass is 35.5. The monoisotopic (exact) mass is 217 g/mol. The zero-order chi connectivity index (χ0) is 8.39. The van der Waals surface area contributed by atoms with E-state index in [1.807, 2.05) is 12.1 Å². The van der Waals surface area contributed by atoms with Gasteiger partial charge in [0.25, 0.3) is 0 Å². The Morgan fingerprint density at radius 1 is 1.38 bits per heavy atom. The van der Waals surface area contributed by atoms with Crippen molar-refractivity contribution in [2.45, 2.75) is 12.3 Å². The van der Waals surface area contributed by atoms with Gasteiger partial charge >= 0.3 is 0 Å². The summed E-state index contributed by atoms with van der Waals surface area (Å²) < 4.78 is 0. The second-order valence-electron chi connectivity index (χ2n) is 3.24. The van der Waals surface area contributed by atoms with Crippen molar-refractivity contribution in [1.82, 2.24) is 5.32 Å². The van der Waals surface area contributed by atoms with E-state index in [0.717, 1.165) is 18.1 Å². The SMILES string of the molecule is Cl.Clc1cccc(C2CCNC2)c1. The van der Waals surface area contributed by atoms with Crippen LogP contribution >= 0.6 is 24.0 Å². The average molecular weight is 218 g/mol. The van der Waals surface area contributed by atoms with E-state index in [2.05, 4.69) is 17.4 Å². The number of benzene rings is 1. The van der Waals surface area contributed by atoms with E-state index in [1.54, 1.807) is 0 Å². The minimum Gasteiger partial charge on any atom is -0.316 e. The van der Waals surface area contributed by atoms with Gasteiger partial charge in [-0.25, -0.2) is 0 Å². The van der Waals surface area contributed by atoms with Crippen molar-refractivity contribution in [1.29, 1.82) is 0 Å². The fourth-order valence-corrected chi connectivity index (χ4v) is 1.90. The van der Waals surface area contributed by atoms with E-state index in [9.17, 15) is 0 Å². The summed E-state index contributed by atoms with van der Waals surface area (Å²) in [5.74, 6) is 0.670. The maximum Gasteiger partial charge on any atom is 0.0408 e. The summed E-state index contributed by atoms with van der Waals surface area (Å²) in [6.45, 7) is 2.23. The van der Waals surface area contributed by atoms with Crippen LogP contribution in [-0.2, 0) is 0 Å². The van der Waals surface area contributed by atoms with Crippen LogP contribution in [0.2, 0.25) is 5.02 Å². The fraction of sp³-hybridized carbons (Fsp3) is 0.400. The molecule has 1 nitrogen and oxygen atoms in total. The molecule has 0 aromatic heterocycles. The van der Waals surface area contributed by atoms with Gasteiger partial charge in [-0.15, -0.1) is 12.4 Å². The molecule has 2 rings (SSSR count). The van der Waals surface area contributed by atoms with Crippen LogP contribution in [0, 0.1) is 0 Å². The third-order valence-corrected chi connectivity index (χ3v) is 2.62. The molecule has 0 bridgehead atoms. The minimum atomic E-state index is 0. The molecule has 1 atom stereocenters. The van der Waals surface area contributed by atoms with E-state index in [4.69, 9.17) is 11.6 Å². The lowest BCUT2D eigenvalue weighted by Crippen LogP contribution is -2.07. The largest absolute Gasteiger partial charge is 0.316 e. The van der Waals surface area contributed by atoms with E-state index >= 15 is 0 Å². The van der Waals surface area contributed by atoms with Gasteiger partial charge in [-0.3, -0.25) is 0 Å². The molecule has 1 aromatic carbocycles. The molecule has 1 unspecified atom stereocenters. The van der Waals surface area contributed by atoms with Crippen molar-refractivity contribution >= 4 is 24.0 Å². The van der Waals surface area contributed by atoms with Gasteiger partial charge < -0.3 is 5.32 Å². The van der Waals surface area contributed by atoms with Gasteiger partial charge in [0.15, 0.2) is 0 Å². The molecule has 1 heterocycles. The summed E-state index contributed by atoms with van der Waals surface area (Å²) in [7, 11) is 0. The molecule has 0 radical (unpaired) electrons. The predicted octanol–water partition coefficient (Wildman–Crippen LogP) is 2.84. The van der Waals surface area contributed by atoms with Crippen molar-refractivity contribution in [3.63, 3.8) is 0 Å². The normalized spacial score (nSPS) is 21.2. The van der Waals surface area contributed by atoms with Crippen LogP contribution in [0.4, 0.5) is 0 Å². The third-order valence-electron chi connectivity index (χ3n) is 2.38. The molecule has 1 aliphatic rings. The molecule has 72 valence electrons. The Morgan fingerprint density at radius 2 is 2.23 bits per heavy atom. The molecule has 0 spiro atoms. The Kier molecular flexibility index (Phi) is 4.04. The molecule has 3 heteroatoms. The molecule has 0 aliphatic carbocycles. The van der Waals surface area contributed by atoms with Crippen LogP contribution in [-0.4, -0.2) is 13.1 Å². The summed E-state index contributed by atoms with van der Waals surface area (Å²) in [5, 5.41) is 4.19. The second-order valence-corrected chi connectivity index (χ2v) is 3.68. The number of hydrogen-bond acceptors (Lipinski definition) is 1. The lowest BCUT2D eigenvalue weighted by molar-refractivity contribution is 0.763. The van der Waals surface area contributed by atoms with Gasteiger partial charge in [0.05, 0.1) is 0 Å². The molecule has 1 aromatic rings. The number of halogens is 2. The topological polar surface area (TPSA) is 12.0 Å². The van der Waals surface area contributed by atoms with Crippen molar-refractivity contribution in [2.75, 3.05) is 13.1 Å². The predicted molar refractivity (Wildman–Crippen MR) is 58.9 cm³/mol. The van der Waals surface area contributed by atoms with Gasteiger partial charge in [0.1, 0.15) is 0 Å². The Hall–Kier alpha value is -0.240. The first-order valence-electron chi connectivity index (χ1n) is 4.32. The van der Waals surface area contributed by atoms with Crippen LogP contribution in [0.1, 0.15) is 17.9 Å². The van der Waals surface area contributed by atoms with Gasteiger partial charge in [0, 0.05) is 11.6 Å². The maximum absolute atomic E-state index is 5.90.